The van der Waals surface area contributed by atoms with Crippen molar-refractivity contribution in [2.24, 2.45) is 5.73 Å². The Hall–Kier alpha value is -1.81. The number of carbonyl (C=O) groups is 3. The first-order valence-corrected chi connectivity index (χ1v) is 6.27. The summed E-state index contributed by atoms with van der Waals surface area (Å²) in [5, 5.41) is 0. The summed E-state index contributed by atoms with van der Waals surface area (Å²) in [6.07, 6.45) is 0.848. The highest BCUT2D eigenvalue weighted by atomic mass is 16.2. The van der Waals surface area contributed by atoms with Crippen molar-refractivity contribution in [3.63, 3.8) is 0 Å². The number of aryl methyl sites for hydroxylation is 1. The van der Waals surface area contributed by atoms with Gasteiger partial charge in [-0.25, -0.2) is 0 Å². The van der Waals surface area contributed by atoms with Crippen LogP contribution in [-0.4, -0.2) is 22.9 Å². The number of carbonyl (C=O) groups excluding carboxylic acids is 3. The molecule has 1 aromatic carbocycles. The van der Waals surface area contributed by atoms with E-state index in [1.807, 2.05) is 13.0 Å². The van der Waals surface area contributed by atoms with E-state index in [2.05, 4.69) is 0 Å². The highest BCUT2D eigenvalue weighted by Crippen LogP contribution is 2.32. The van der Waals surface area contributed by atoms with Gasteiger partial charge in [0, 0.05) is 11.1 Å². The molecule has 0 fully saturated rings. The number of nitrogens with two attached hydrogens (primary N) is 1. The summed E-state index contributed by atoms with van der Waals surface area (Å²) in [5.41, 5.74) is 7.00. The fraction of sp³-hybridized carbons (Fsp3) is 0.400. The van der Waals surface area contributed by atoms with E-state index in [9.17, 15) is 14.4 Å². The second kappa shape index (κ2) is 4.38. The van der Waals surface area contributed by atoms with Crippen LogP contribution in [-0.2, 0) is 11.2 Å². The van der Waals surface area contributed by atoms with Crippen molar-refractivity contribution in [3.05, 3.63) is 34.4 Å². The van der Waals surface area contributed by atoms with Gasteiger partial charge in [-0.05, 0) is 44.7 Å². The van der Waals surface area contributed by atoms with E-state index in [-0.39, 0.29) is 11.6 Å². The Kier molecular flexibility index (Phi) is 3.14. The highest BCUT2D eigenvalue weighted by molar-refractivity contribution is 6.22. The van der Waals surface area contributed by atoms with Gasteiger partial charge in [0.15, 0.2) is 17.3 Å². The molecule has 0 amide bonds. The predicted octanol–water partition coefficient (Wildman–Crippen LogP) is 1.61. The van der Waals surface area contributed by atoms with Gasteiger partial charge in [-0.1, -0.05) is 12.1 Å². The Morgan fingerprint density at radius 2 is 1.89 bits per heavy atom. The van der Waals surface area contributed by atoms with E-state index < -0.39 is 11.3 Å². The Morgan fingerprint density at radius 3 is 2.42 bits per heavy atom. The molecule has 0 saturated heterocycles. The summed E-state index contributed by atoms with van der Waals surface area (Å²) in [6.45, 7) is 4.64. The molecule has 1 aromatic rings. The largest absolute Gasteiger partial charge is 0.312 e. The number of hydrogen-bond acceptors (Lipinski definition) is 4. The van der Waals surface area contributed by atoms with E-state index in [4.69, 9.17) is 5.73 Å². The normalized spacial score (nSPS) is 22.0. The lowest BCUT2D eigenvalue weighted by atomic mass is 9.72. The lowest BCUT2D eigenvalue weighted by Gasteiger charge is -2.32. The van der Waals surface area contributed by atoms with Crippen molar-refractivity contribution >= 4 is 17.3 Å². The van der Waals surface area contributed by atoms with Gasteiger partial charge >= 0.3 is 0 Å². The summed E-state index contributed by atoms with van der Waals surface area (Å²) < 4.78 is 0. The zero-order valence-corrected chi connectivity index (χ0v) is 11.4. The fourth-order valence-electron chi connectivity index (χ4n) is 2.62. The van der Waals surface area contributed by atoms with Crippen LogP contribution in [0.2, 0.25) is 0 Å². The van der Waals surface area contributed by atoms with Crippen molar-refractivity contribution in [1.82, 2.24) is 0 Å². The number of rotatable bonds is 2. The number of ketones is 3. The first-order valence-electron chi connectivity index (χ1n) is 6.27. The molecule has 2 N–H and O–H groups in total. The molecule has 0 saturated carbocycles. The molecule has 4 heteroatoms. The molecule has 1 atom stereocenters. The molecule has 0 spiro atoms. The average molecular weight is 259 g/mol. The van der Waals surface area contributed by atoms with Gasteiger partial charge < -0.3 is 5.73 Å². The first kappa shape index (κ1) is 13.6. The molecular formula is C15H17NO3. The van der Waals surface area contributed by atoms with Crippen LogP contribution in [0.3, 0.4) is 0 Å². The predicted molar refractivity (Wildman–Crippen MR) is 71.4 cm³/mol. The van der Waals surface area contributed by atoms with Crippen LogP contribution < -0.4 is 5.73 Å². The SMILES string of the molecule is CC(=O)c1ccc(C)c2c1C(=O)C(N)(C(C)=O)CC2. The zero-order valence-electron chi connectivity index (χ0n) is 11.4. The standard InChI is InChI=1S/C15H17NO3/c1-8-4-5-12(9(2)17)13-11(8)6-7-15(16,10(3)18)14(13)19/h4-5H,6-7,16H2,1-3H3. The van der Waals surface area contributed by atoms with Crippen LogP contribution in [0.25, 0.3) is 0 Å². The van der Waals surface area contributed by atoms with Gasteiger partial charge in [0.25, 0.3) is 0 Å². The van der Waals surface area contributed by atoms with E-state index >= 15 is 0 Å². The third-order valence-corrected chi connectivity index (χ3v) is 3.96. The van der Waals surface area contributed by atoms with Crippen molar-refractivity contribution in [1.29, 1.82) is 0 Å². The quantitative estimate of drug-likeness (QED) is 0.646. The molecule has 0 aromatic heterocycles. The van der Waals surface area contributed by atoms with Crippen LogP contribution in [0.15, 0.2) is 12.1 Å². The number of fused-ring (bicyclic) bond motifs is 1. The third-order valence-electron chi connectivity index (χ3n) is 3.96. The van der Waals surface area contributed by atoms with Crippen LogP contribution in [0.4, 0.5) is 0 Å². The summed E-state index contributed by atoms with van der Waals surface area (Å²) >= 11 is 0. The van der Waals surface area contributed by atoms with E-state index in [1.165, 1.54) is 13.8 Å². The molecule has 1 aliphatic rings. The van der Waals surface area contributed by atoms with Crippen molar-refractivity contribution < 1.29 is 14.4 Å². The third kappa shape index (κ3) is 1.92. The topological polar surface area (TPSA) is 77.2 Å². The van der Waals surface area contributed by atoms with Crippen LogP contribution in [0.5, 0.6) is 0 Å². The smallest absolute Gasteiger partial charge is 0.191 e. The van der Waals surface area contributed by atoms with Crippen molar-refractivity contribution in [3.8, 4) is 0 Å². The molecule has 0 aliphatic heterocycles. The maximum absolute atomic E-state index is 12.6. The average Bonchev–Trinajstić information content (AvgIpc) is 2.33. The summed E-state index contributed by atoms with van der Waals surface area (Å²) in [4.78, 5) is 35.9. The van der Waals surface area contributed by atoms with Gasteiger partial charge in [-0.2, -0.15) is 0 Å². The monoisotopic (exact) mass is 259 g/mol. The minimum atomic E-state index is -1.48. The Labute approximate surface area is 112 Å². The molecule has 0 heterocycles. The number of benzene rings is 1. The van der Waals surface area contributed by atoms with Crippen LogP contribution >= 0.6 is 0 Å². The lowest BCUT2D eigenvalue weighted by molar-refractivity contribution is -0.120. The van der Waals surface area contributed by atoms with Crippen LogP contribution in [0.1, 0.15) is 52.1 Å². The Balaban J connectivity index is 2.72. The van der Waals surface area contributed by atoms with Crippen molar-refractivity contribution in [2.75, 3.05) is 0 Å². The van der Waals surface area contributed by atoms with Gasteiger partial charge in [0.2, 0.25) is 0 Å². The summed E-state index contributed by atoms with van der Waals surface area (Å²) in [6, 6.07) is 3.47. The molecule has 2 rings (SSSR count). The van der Waals surface area contributed by atoms with Gasteiger partial charge in [0.05, 0.1) is 0 Å². The van der Waals surface area contributed by atoms with Crippen LogP contribution in [0, 0.1) is 6.92 Å². The molecule has 100 valence electrons. The molecule has 1 unspecified atom stereocenters. The summed E-state index contributed by atoms with van der Waals surface area (Å²) in [5.74, 6) is -0.952. The Bertz CT molecular complexity index is 604. The highest BCUT2D eigenvalue weighted by Gasteiger charge is 2.44. The van der Waals surface area contributed by atoms with E-state index in [0.717, 1.165) is 11.1 Å². The summed E-state index contributed by atoms with van der Waals surface area (Å²) in [7, 11) is 0. The minimum Gasteiger partial charge on any atom is -0.312 e. The minimum absolute atomic E-state index is 0.183. The second-order valence-corrected chi connectivity index (χ2v) is 5.20. The molecule has 19 heavy (non-hydrogen) atoms. The number of hydrogen-bond donors (Lipinski definition) is 1. The molecule has 0 radical (unpaired) electrons. The van der Waals surface area contributed by atoms with E-state index in [0.29, 0.717) is 24.0 Å². The van der Waals surface area contributed by atoms with Gasteiger partial charge in [-0.15, -0.1) is 0 Å². The number of Topliss-reactive ketones (excluding diaryl/α,β-unsaturated/α-hetero) is 3. The molecule has 4 nitrogen and oxygen atoms in total. The molecule has 1 aliphatic carbocycles. The second-order valence-electron chi connectivity index (χ2n) is 5.20. The molecule has 0 bridgehead atoms. The van der Waals surface area contributed by atoms with Gasteiger partial charge in [0.1, 0.15) is 5.54 Å². The zero-order chi connectivity index (χ0) is 14.4. The molecular weight excluding hydrogens is 242 g/mol. The maximum atomic E-state index is 12.6. The first-order chi connectivity index (χ1) is 8.79. The van der Waals surface area contributed by atoms with E-state index in [1.54, 1.807) is 6.07 Å². The fourth-order valence-corrected chi connectivity index (χ4v) is 2.62. The maximum Gasteiger partial charge on any atom is 0.191 e. The lowest BCUT2D eigenvalue weighted by Crippen LogP contribution is -2.56. The Morgan fingerprint density at radius 1 is 1.26 bits per heavy atom. The van der Waals surface area contributed by atoms with Crippen molar-refractivity contribution in [2.45, 2.75) is 39.2 Å². The van der Waals surface area contributed by atoms with Gasteiger partial charge in [-0.3, -0.25) is 14.4 Å².